The number of halogens is 2. The minimum Gasteiger partial charge on any atom is -0.477 e. The fourth-order valence-electron chi connectivity index (χ4n) is 1.83. The molecule has 0 saturated heterocycles. The first kappa shape index (κ1) is 16.0. The van der Waals surface area contributed by atoms with Gasteiger partial charge < -0.3 is 4.74 Å². The van der Waals surface area contributed by atoms with Crippen LogP contribution in [0, 0.1) is 0 Å². The molecule has 0 amide bonds. The fourth-order valence-corrected chi connectivity index (χ4v) is 2.12. The third kappa shape index (κ3) is 3.99. The standard InChI is InChI=1S/C15H22Br2O/c1-9(2)12-7-6-8-13(10(3)4)14(12)18-15(17)11(5)16/h6-11,15H,1-5H3/t11-,15-/m0/s1. The van der Waals surface area contributed by atoms with E-state index in [1.807, 2.05) is 0 Å². The lowest BCUT2D eigenvalue weighted by atomic mass is 9.94. The topological polar surface area (TPSA) is 9.23 Å². The Morgan fingerprint density at radius 1 is 0.889 bits per heavy atom. The van der Waals surface area contributed by atoms with Crippen LogP contribution in [0.25, 0.3) is 0 Å². The Kier molecular flexibility index (Phi) is 6.19. The monoisotopic (exact) mass is 376 g/mol. The summed E-state index contributed by atoms with van der Waals surface area (Å²) < 4.78 is 6.13. The summed E-state index contributed by atoms with van der Waals surface area (Å²) in [6.07, 6.45) is 0. The van der Waals surface area contributed by atoms with E-state index in [-0.39, 0.29) is 9.84 Å². The molecule has 0 saturated carbocycles. The van der Waals surface area contributed by atoms with E-state index in [1.165, 1.54) is 11.1 Å². The molecule has 18 heavy (non-hydrogen) atoms. The molecule has 0 N–H and O–H groups in total. The van der Waals surface area contributed by atoms with Crippen LogP contribution in [0.1, 0.15) is 57.6 Å². The van der Waals surface area contributed by atoms with Crippen LogP contribution in [0.2, 0.25) is 0 Å². The molecule has 3 heteroatoms. The molecule has 1 aromatic carbocycles. The zero-order valence-electron chi connectivity index (χ0n) is 11.7. The summed E-state index contributed by atoms with van der Waals surface area (Å²) in [5.41, 5.74) is 2.55. The Hall–Kier alpha value is -0.0200. The Balaban J connectivity index is 3.18. The first-order chi connectivity index (χ1) is 8.34. The van der Waals surface area contributed by atoms with Crippen LogP contribution >= 0.6 is 31.9 Å². The molecule has 0 aliphatic heterocycles. The van der Waals surface area contributed by atoms with Gasteiger partial charge in [0, 0.05) is 0 Å². The van der Waals surface area contributed by atoms with Gasteiger partial charge in [-0.3, -0.25) is 0 Å². The van der Waals surface area contributed by atoms with Gasteiger partial charge in [-0.05, 0) is 45.8 Å². The zero-order valence-corrected chi connectivity index (χ0v) is 14.9. The summed E-state index contributed by atoms with van der Waals surface area (Å²) in [5, 5.41) is -0.0186. The van der Waals surface area contributed by atoms with Crippen LogP contribution < -0.4 is 4.74 Å². The molecule has 1 aromatic rings. The highest BCUT2D eigenvalue weighted by Gasteiger charge is 2.19. The SMILES string of the molecule is CC(C)c1cccc(C(C)C)c1O[C@H](Br)[C@H](C)Br. The van der Waals surface area contributed by atoms with Crippen molar-refractivity contribution in [3.8, 4) is 5.75 Å². The second-order valence-corrected chi connectivity index (χ2v) is 7.57. The van der Waals surface area contributed by atoms with Crippen molar-refractivity contribution in [2.24, 2.45) is 0 Å². The predicted molar refractivity (Wildman–Crippen MR) is 86.4 cm³/mol. The lowest BCUT2D eigenvalue weighted by Gasteiger charge is -2.23. The van der Waals surface area contributed by atoms with E-state index in [0.717, 1.165) is 5.75 Å². The van der Waals surface area contributed by atoms with Crippen molar-refractivity contribution in [2.75, 3.05) is 0 Å². The number of hydrogen-bond donors (Lipinski definition) is 0. The highest BCUT2D eigenvalue weighted by molar-refractivity contribution is 9.12. The van der Waals surface area contributed by atoms with Gasteiger partial charge in [0.15, 0.2) is 5.01 Å². The van der Waals surface area contributed by atoms with Crippen LogP contribution in [-0.4, -0.2) is 9.84 Å². The van der Waals surface area contributed by atoms with E-state index in [0.29, 0.717) is 11.8 Å². The third-order valence-corrected chi connectivity index (χ3v) is 5.08. The number of para-hydroxylation sites is 1. The van der Waals surface area contributed by atoms with Crippen LogP contribution in [0.4, 0.5) is 0 Å². The van der Waals surface area contributed by atoms with Gasteiger partial charge in [-0.15, -0.1) is 0 Å². The zero-order chi connectivity index (χ0) is 13.9. The van der Waals surface area contributed by atoms with Crippen LogP contribution in [0.5, 0.6) is 5.75 Å². The molecule has 0 bridgehead atoms. The van der Waals surface area contributed by atoms with E-state index in [2.05, 4.69) is 84.7 Å². The summed E-state index contributed by atoms with van der Waals surface area (Å²) in [4.78, 5) is 0.262. The average molecular weight is 378 g/mol. The van der Waals surface area contributed by atoms with E-state index in [1.54, 1.807) is 0 Å². The summed E-state index contributed by atoms with van der Waals surface area (Å²) in [6, 6.07) is 6.44. The maximum absolute atomic E-state index is 6.13. The normalized spacial score (nSPS) is 14.9. The maximum Gasteiger partial charge on any atom is 0.165 e. The predicted octanol–water partition coefficient (Wildman–Crippen LogP) is 5.82. The molecule has 1 rings (SSSR count). The van der Waals surface area contributed by atoms with Crippen molar-refractivity contribution < 1.29 is 4.74 Å². The smallest absolute Gasteiger partial charge is 0.165 e. The molecule has 0 unspecified atom stereocenters. The Labute approximate surface area is 128 Å². The quantitative estimate of drug-likeness (QED) is 0.587. The van der Waals surface area contributed by atoms with Crippen molar-refractivity contribution in [1.29, 1.82) is 0 Å². The number of ether oxygens (including phenoxy) is 1. The number of benzene rings is 1. The molecule has 102 valence electrons. The molecule has 0 aromatic heterocycles. The average Bonchev–Trinajstić information content (AvgIpc) is 2.28. The first-order valence-electron chi connectivity index (χ1n) is 6.42. The van der Waals surface area contributed by atoms with Gasteiger partial charge in [0.05, 0.1) is 4.83 Å². The molecule has 0 heterocycles. The fraction of sp³-hybridized carbons (Fsp3) is 0.600. The van der Waals surface area contributed by atoms with E-state index < -0.39 is 0 Å². The van der Waals surface area contributed by atoms with Crippen molar-refractivity contribution in [3.63, 3.8) is 0 Å². The molecule has 0 spiro atoms. The lowest BCUT2D eigenvalue weighted by Crippen LogP contribution is -2.19. The van der Waals surface area contributed by atoms with E-state index in [9.17, 15) is 0 Å². The van der Waals surface area contributed by atoms with Gasteiger partial charge in [-0.2, -0.15) is 0 Å². The third-order valence-electron chi connectivity index (χ3n) is 2.91. The Morgan fingerprint density at radius 2 is 1.33 bits per heavy atom. The first-order valence-corrected chi connectivity index (χ1v) is 8.25. The molecule has 0 radical (unpaired) electrons. The summed E-state index contributed by atoms with van der Waals surface area (Å²) >= 11 is 7.12. The highest BCUT2D eigenvalue weighted by Crippen LogP contribution is 2.36. The second kappa shape index (κ2) is 6.95. The van der Waals surface area contributed by atoms with Crippen LogP contribution in [0.3, 0.4) is 0 Å². The van der Waals surface area contributed by atoms with Gasteiger partial charge in [0.1, 0.15) is 5.75 Å². The Morgan fingerprint density at radius 3 is 1.67 bits per heavy atom. The Bertz CT molecular complexity index is 360. The summed E-state index contributed by atoms with van der Waals surface area (Å²) in [5.74, 6) is 1.96. The molecule has 0 aliphatic carbocycles. The van der Waals surface area contributed by atoms with Crippen LogP contribution in [-0.2, 0) is 0 Å². The molecule has 1 nitrogen and oxygen atoms in total. The van der Waals surface area contributed by atoms with Crippen molar-refractivity contribution in [1.82, 2.24) is 0 Å². The largest absolute Gasteiger partial charge is 0.477 e. The molecular weight excluding hydrogens is 356 g/mol. The minimum atomic E-state index is -0.0186. The van der Waals surface area contributed by atoms with E-state index >= 15 is 0 Å². The van der Waals surface area contributed by atoms with Crippen LogP contribution in [0.15, 0.2) is 18.2 Å². The van der Waals surface area contributed by atoms with Gasteiger partial charge in [0.2, 0.25) is 0 Å². The number of hydrogen-bond acceptors (Lipinski definition) is 1. The van der Waals surface area contributed by atoms with Gasteiger partial charge in [-0.1, -0.05) is 61.8 Å². The molecule has 0 fully saturated rings. The molecule has 0 aliphatic rings. The lowest BCUT2D eigenvalue weighted by molar-refractivity contribution is 0.289. The minimum absolute atomic E-state index is 0.0186. The number of alkyl halides is 2. The summed E-state index contributed by atoms with van der Waals surface area (Å²) in [7, 11) is 0. The van der Waals surface area contributed by atoms with Crippen molar-refractivity contribution >= 4 is 31.9 Å². The van der Waals surface area contributed by atoms with Gasteiger partial charge >= 0.3 is 0 Å². The summed E-state index contributed by atoms with van der Waals surface area (Å²) in [6.45, 7) is 10.9. The highest BCUT2D eigenvalue weighted by atomic mass is 79.9. The molecular formula is C15H22Br2O. The van der Waals surface area contributed by atoms with Crippen molar-refractivity contribution in [3.05, 3.63) is 29.3 Å². The van der Waals surface area contributed by atoms with Gasteiger partial charge in [0.25, 0.3) is 0 Å². The number of rotatable bonds is 5. The maximum atomic E-state index is 6.13. The molecule has 2 atom stereocenters. The van der Waals surface area contributed by atoms with Crippen molar-refractivity contribution in [2.45, 2.75) is 56.3 Å². The van der Waals surface area contributed by atoms with E-state index in [4.69, 9.17) is 4.74 Å². The second-order valence-electron chi connectivity index (χ2n) is 5.22. The van der Waals surface area contributed by atoms with Gasteiger partial charge in [-0.25, -0.2) is 0 Å².